The Hall–Kier alpha value is -2.35. The molecule has 0 amide bonds. The van der Waals surface area contributed by atoms with E-state index < -0.39 is 5.41 Å². The molecule has 0 spiro atoms. The molecule has 1 fully saturated rings. The summed E-state index contributed by atoms with van der Waals surface area (Å²) < 4.78 is 5.72. The molecule has 3 rings (SSSR count). The third kappa shape index (κ3) is 5.32. The quantitative estimate of drug-likeness (QED) is 0.432. The fourth-order valence-electron chi connectivity index (χ4n) is 3.83. The zero-order chi connectivity index (χ0) is 19.0. The van der Waals surface area contributed by atoms with Crippen LogP contribution in [0.25, 0.3) is 0 Å². The average molecular weight is 363 g/mol. The van der Waals surface area contributed by atoms with Crippen LogP contribution in [0.4, 0.5) is 0 Å². The minimum atomic E-state index is -0.665. The van der Waals surface area contributed by atoms with Gasteiger partial charge in [-0.2, -0.15) is 0 Å². The van der Waals surface area contributed by atoms with Crippen LogP contribution in [0.3, 0.4) is 0 Å². The molecule has 2 aromatic rings. The van der Waals surface area contributed by atoms with Gasteiger partial charge < -0.3 is 4.74 Å². The lowest BCUT2D eigenvalue weighted by atomic mass is 9.78. The molecule has 0 bridgehead atoms. The molecule has 2 nitrogen and oxygen atoms in total. The first-order valence-corrected chi connectivity index (χ1v) is 10.1. The molecule has 1 saturated carbocycles. The van der Waals surface area contributed by atoms with Crippen molar-refractivity contribution in [2.75, 3.05) is 0 Å². The fourth-order valence-corrected chi connectivity index (χ4v) is 3.83. The number of hydrogen-bond donors (Lipinski definition) is 0. The molecule has 0 radical (unpaired) electrons. The Morgan fingerprint density at radius 2 is 1.63 bits per heavy atom. The number of ether oxygens (including phenoxy) is 1. The molecule has 142 valence electrons. The summed E-state index contributed by atoms with van der Waals surface area (Å²) in [6.45, 7) is 2.31. The second-order valence-corrected chi connectivity index (χ2v) is 7.79. The molecule has 27 heavy (non-hydrogen) atoms. The van der Waals surface area contributed by atoms with E-state index >= 15 is 0 Å². The Labute approximate surface area is 163 Å². The highest BCUT2D eigenvalue weighted by Crippen LogP contribution is 2.31. The van der Waals surface area contributed by atoms with Crippen LogP contribution in [-0.4, -0.2) is 5.97 Å². The molecule has 0 aliphatic heterocycles. The van der Waals surface area contributed by atoms with Crippen LogP contribution < -0.4 is 0 Å². The first-order valence-electron chi connectivity index (χ1n) is 10.1. The van der Waals surface area contributed by atoms with Crippen molar-refractivity contribution in [1.82, 2.24) is 0 Å². The van der Waals surface area contributed by atoms with Crippen LogP contribution in [0.1, 0.15) is 56.6 Å². The normalized spacial score (nSPS) is 17.5. The first-order chi connectivity index (χ1) is 13.2. The van der Waals surface area contributed by atoms with Gasteiger partial charge in [-0.15, -0.1) is 0 Å². The van der Waals surface area contributed by atoms with Crippen molar-refractivity contribution in [1.29, 1.82) is 0 Å². The summed E-state index contributed by atoms with van der Waals surface area (Å²) in [5.74, 6) is 0.505. The van der Waals surface area contributed by atoms with E-state index in [0.717, 1.165) is 11.1 Å². The maximum atomic E-state index is 13.1. The van der Waals surface area contributed by atoms with Crippen LogP contribution in [0.5, 0.6) is 0 Å². The van der Waals surface area contributed by atoms with Crippen LogP contribution >= 0.6 is 0 Å². The average Bonchev–Trinajstić information content (AvgIpc) is 2.74. The molecular weight excluding hydrogens is 332 g/mol. The smallest absolute Gasteiger partial charge is 0.316 e. The molecule has 0 aromatic heterocycles. The third-order valence-electron chi connectivity index (χ3n) is 5.66. The van der Waals surface area contributed by atoms with Gasteiger partial charge in [0, 0.05) is 0 Å². The van der Waals surface area contributed by atoms with Gasteiger partial charge in [0.15, 0.2) is 0 Å². The lowest BCUT2D eigenvalue weighted by molar-refractivity contribution is -0.151. The zero-order valence-electron chi connectivity index (χ0n) is 16.3. The molecule has 1 aliphatic carbocycles. The number of allylic oxidation sites excluding steroid dienone is 2. The molecule has 1 unspecified atom stereocenters. The van der Waals surface area contributed by atoms with Gasteiger partial charge in [-0.3, -0.25) is 4.79 Å². The standard InChI is InChI=1S/C25H30O2/c1-25(23-17-9-4-10-18-23,19-11-16-21-12-5-2-6-13-21)24(26)27-20-22-14-7-3-8-15-22/h3-4,7-11,14-18,21H,2,5-6,12-13,19-20H2,1H3/b16-11+. The van der Waals surface area contributed by atoms with Crippen LogP contribution in [-0.2, 0) is 21.6 Å². The third-order valence-corrected chi connectivity index (χ3v) is 5.66. The predicted molar refractivity (Wildman–Crippen MR) is 110 cm³/mol. The summed E-state index contributed by atoms with van der Waals surface area (Å²) in [6, 6.07) is 19.9. The molecule has 0 saturated heterocycles. The van der Waals surface area contributed by atoms with Crippen LogP contribution in [0.15, 0.2) is 72.8 Å². The highest BCUT2D eigenvalue weighted by atomic mass is 16.5. The first kappa shape index (κ1) is 19.4. The number of carbonyl (C=O) groups excluding carboxylic acids is 1. The number of esters is 1. The van der Waals surface area contributed by atoms with E-state index in [4.69, 9.17) is 4.74 Å². The van der Waals surface area contributed by atoms with Gasteiger partial charge in [0.05, 0.1) is 5.41 Å². The monoisotopic (exact) mass is 362 g/mol. The molecular formula is C25H30O2. The summed E-state index contributed by atoms with van der Waals surface area (Å²) >= 11 is 0. The van der Waals surface area contributed by atoms with Crippen LogP contribution in [0.2, 0.25) is 0 Å². The van der Waals surface area contributed by atoms with Crippen molar-refractivity contribution in [3.63, 3.8) is 0 Å². The summed E-state index contributed by atoms with van der Waals surface area (Å²) in [6.07, 6.45) is 11.7. The van der Waals surface area contributed by atoms with E-state index in [1.54, 1.807) is 0 Å². The van der Waals surface area contributed by atoms with E-state index in [2.05, 4.69) is 12.2 Å². The van der Waals surface area contributed by atoms with Gasteiger partial charge >= 0.3 is 5.97 Å². The number of rotatable bonds is 7. The van der Waals surface area contributed by atoms with Crippen molar-refractivity contribution in [2.45, 2.75) is 57.5 Å². The number of hydrogen-bond acceptors (Lipinski definition) is 2. The summed E-state index contributed by atoms with van der Waals surface area (Å²) in [5.41, 5.74) is 1.36. The Morgan fingerprint density at radius 1 is 1.00 bits per heavy atom. The highest BCUT2D eigenvalue weighted by Gasteiger charge is 2.35. The number of carbonyl (C=O) groups is 1. The van der Waals surface area contributed by atoms with E-state index in [0.29, 0.717) is 18.9 Å². The van der Waals surface area contributed by atoms with Crippen molar-refractivity contribution >= 4 is 5.97 Å². The summed E-state index contributed by atoms with van der Waals surface area (Å²) in [4.78, 5) is 13.1. The van der Waals surface area contributed by atoms with Crippen LogP contribution in [0, 0.1) is 5.92 Å². The summed E-state index contributed by atoms with van der Waals surface area (Å²) in [7, 11) is 0. The number of benzene rings is 2. The maximum absolute atomic E-state index is 13.1. The second-order valence-electron chi connectivity index (χ2n) is 7.79. The Bertz CT molecular complexity index is 729. The van der Waals surface area contributed by atoms with E-state index in [1.165, 1.54) is 32.1 Å². The molecule has 1 aliphatic rings. The van der Waals surface area contributed by atoms with Crippen molar-refractivity contribution in [3.8, 4) is 0 Å². The van der Waals surface area contributed by atoms with Crippen molar-refractivity contribution < 1.29 is 9.53 Å². The topological polar surface area (TPSA) is 26.3 Å². The molecule has 0 N–H and O–H groups in total. The minimum Gasteiger partial charge on any atom is -0.460 e. The Kier molecular flexibility index (Phi) is 6.86. The van der Waals surface area contributed by atoms with Crippen molar-refractivity contribution in [3.05, 3.63) is 83.9 Å². The van der Waals surface area contributed by atoms with Gasteiger partial charge in [0.25, 0.3) is 0 Å². The van der Waals surface area contributed by atoms with Gasteiger partial charge in [-0.05, 0) is 43.2 Å². The second kappa shape index (κ2) is 9.55. The van der Waals surface area contributed by atoms with Crippen molar-refractivity contribution in [2.24, 2.45) is 5.92 Å². The van der Waals surface area contributed by atoms with Gasteiger partial charge in [0.1, 0.15) is 6.61 Å². The lowest BCUT2D eigenvalue weighted by Crippen LogP contribution is -2.34. The fraction of sp³-hybridized carbons (Fsp3) is 0.400. The van der Waals surface area contributed by atoms with E-state index in [1.807, 2.05) is 67.6 Å². The Morgan fingerprint density at radius 3 is 2.30 bits per heavy atom. The molecule has 2 heteroatoms. The maximum Gasteiger partial charge on any atom is 0.316 e. The lowest BCUT2D eigenvalue weighted by Gasteiger charge is -2.27. The van der Waals surface area contributed by atoms with Gasteiger partial charge in [0.2, 0.25) is 0 Å². The minimum absolute atomic E-state index is 0.161. The molecule has 1 atom stereocenters. The largest absolute Gasteiger partial charge is 0.460 e. The summed E-state index contributed by atoms with van der Waals surface area (Å²) in [5, 5.41) is 0. The SMILES string of the molecule is CC(C/C=C/C1CCCCC1)(C(=O)OCc1ccccc1)c1ccccc1. The predicted octanol–water partition coefficient (Wildman–Crippen LogP) is 6.21. The van der Waals surface area contributed by atoms with Gasteiger partial charge in [-0.25, -0.2) is 0 Å². The Balaban J connectivity index is 1.71. The zero-order valence-corrected chi connectivity index (χ0v) is 16.3. The van der Waals surface area contributed by atoms with E-state index in [9.17, 15) is 4.79 Å². The molecule has 2 aromatic carbocycles. The van der Waals surface area contributed by atoms with E-state index in [-0.39, 0.29) is 5.97 Å². The van der Waals surface area contributed by atoms with Gasteiger partial charge in [-0.1, -0.05) is 92.1 Å². The molecule has 0 heterocycles. The highest BCUT2D eigenvalue weighted by molar-refractivity contribution is 5.83.